The van der Waals surface area contributed by atoms with E-state index in [0.717, 1.165) is 10.0 Å². The minimum absolute atomic E-state index is 0.00255. The van der Waals surface area contributed by atoms with Crippen molar-refractivity contribution in [3.63, 3.8) is 0 Å². The van der Waals surface area contributed by atoms with E-state index < -0.39 is 12.6 Å². The molecule has 1 aromatic rings. The molecule has 0 radical (unpaired) electrons. The van der Waals surface area contributed by atoms with Gasteiger partial charge in [0.2, 0.25) is 0 Å². The van der Waals surface area contributed by atoms with Gasteiger partial charge in [-0.2, -0.15) is 13.2 Å². The van der Waals surface area contributed by atoms with Crippen LogP contribution in [0, 0.1) is 0 Å². The third-order valence-electron chi connectivity index (χ3n) is 3.31. The number of hydrogen-bond acceptors (Lipinski definition) is 2. The standard InChI is InChI=1S/C15H19BrF3NO/c16-12-4-1-3-11(9-12)14(10-20-13-5-6-13)21-8-2-7-15(17,18)19/h1,3-4,9,13-14,20H,2,5-8,10H2. The lowest BCUT2D eigenvalue weighted by Gasteiger charge is -2.19. The van der Waals surface area contributed by atoms with Crippen LogP contribution in [0.5, 0.6) is 0 Å². The molecule has 21 heavy (non-hydrogen) atoms. The summed E-state index contributed by atoms with van der Waals surface area (Å²) >= 11 is 3.41. The Bertz CT molecular complexity index is 449. The molecular formula is C15H19BrF3NO. The van der Waals surface area contributed by atoms with Crippen molar-refractivity contribution in [1.82, 2.24) is 5.32 Å². The molecule has 0 amide bonds. The van der Waals surface area contributed by atoms with Crippen molar-refractivity contribution >= 4 is 15.9 Å². The van der Waals surface area contributed by atoms with Crippen molar-refractivity contribution in [2.45, 2.75) is 44.0 Å². The second-order valence-electron chi connectivity index (χ2n) is 5.32. The van der Waals surface area contributed by atoms with Crippen LogP contribution in [0.4, 0.5) is 13.2 Å². The summed E-state index contributed by atoms with van der Waals surface area (Å²) in [6.07, 6.45) is -2.79. The monoisotopic (exact) mass is 365 g/mol. The van der Waals surface area contributed by atoms with Crippen LogP contribution < -0.4 is 5.32 Å². The van der Waals surface area contributed by atoms with Gasteiger partial charge in [0.25, 0.3) is 0 Å². The zero-order chi connectivity index (χ0) is 15.3. The second kappa shape index (κ2) is 7.61. The molecule has 0 heterocycles. The predicted octanol–water partition coefficient (Wildman–Crippen LogP) is 4.60. The molecule has 6 heteroatoms. The fourth-order valence-corrected chi connectivity index (χ4v) is 2.46. The molecule has 1 N–H and O–H groups in total. The van der Waals surface area contributed by atoms with Gasteiger partial charge in [-0.3, -0.25) is 0 Å². The summed E-state index contributed by atoms with van der Waals surface area (Å²) in [7, 11) is 0. The van der Waals surface area contributed by atoms with E-state index in [1.165, 1.54) is 12.8 Å². The maximum Gasteiger partial charge on any atom is 0.389 e. The molecule has 1 aromatic carbocycles. The van der Waals surface area contributed by atoms with Crippen molar-refractivity contribution < 1.29 is 17.9 Å². The number of benzene rings is 1. The van der Waals surface area contributed by atoms with E-state index in [2.05, 4.69) is 21.2 Å². The Morgan fingerprint density at radius 1 is 1.33 bits per heavy atom. The lowest BCUT2D eigenvalue weighted by molar-refractivity contribution is -0.138. The second-order valence-corrected chi connectivity index (χ2v) is 6.23. The van der Waals surface area contributed by atoms with E-state index in [1.807, 2.05) is 24.3 Å². The number of ether oxygens (including phenoxy) is 1. The highest BCUT2D eigenvalue weighted by Crippen LogP contribution is 2.25. The van der Waals surface area contributed by atoms with E-state index in [1.54, 1.807) is 0 Å². The van der Waals surface area contributed by atoms with E-state index in [-0.39, 0.29) is 19.1 Å². The first-order chi connectivity index (χ1) is 9.94. The summed E-state index contributed by atoms with van der Waals surface area (Å²) in [6, 6.07) is 8.25. The lowest BCUT2D eigenvalue weighted by Crippen LogP contribution is -2.25. The van der Waals surface area contributed by atoms with Gasteiger partial charge in [0.1, 0.15) is 0 Å². The van der Waals surface area contributed by atoms with E-state index in [9.17, 15) is 13.2 Å². The fourth-order valence-electron chi connectivity index (χ4n) is 2.04. The zero-order valence-electron chi connectivity index (χ0n) is 11.6. The quantitative estimate of drug-likeness (QED) is 0.679. The zero-order valence-corrected chi connectivity index (χ0v) is 13.2. The normalized spacial score (nSPS) is 17.0. The molecule has 1 unspecified atom stereocenters. The number of halogens is 4. The summed E-state index contributed by atoms with van der Waals surface area (Å²) in [5.41, 5.74) is 0.976. The molecule has 1 aliphatic rings. The maximum absolute atomic E-state index is 12.1. The van der Waals surface area contributed by atoms with Gasteiger partial charge >= 0.3 is 6.18 Å². The number of nitrogens with one attached hydrogen (secondary N) is 1. The van der Waals surface area contributed by atoms with Crippen molar-refractivity contribution in [3.8, 4) is 0 Å². The summed E-state index contributed by atoms with van der Waals surface area (Å²) < 4.78 is 43.0. The molecule has 1 aliphatic carbocycles. The van der Waals surface area contributed by atoms with Crippen LogP contribution in [-0.2, 0) is 4.74 Å². The molecule has 0 spiro atoms. The Morgan fingerprint density at radius 3 is 2.71 bits per heavy atom. The van der Waals surface area contributed by atoms with Gasteiger partial charge in [0.15, 0.2) is 0 Å². The van der Waals surface area contributed by atoms with Crippen molar-refractivity contribution in [3.05, 3.63) is 34.3 Å². The van der Waals surface area contributed by atoms with Gasteiger partial charge in [0, 0.05) is 30.1 Å². The van der Waals surface area contributed by atoms with Crippen LogP contribution in [0.25, 0.3) is 0 Å². The lowest BCUT2D eigenvalue weighted by atomic mass is 10.1. The third-order valence-corrected chi connectivity index (χ3v) is 3.81. The highest BCUT2D eigenvalue weighted by atomic mass is 79.9. The van der Waals surface area contributed by atoms with Gasteiger partial charge in [-0.05, 0) is 37.0 Å². The van der Waals surface area contributed by atoms with Crippen LogP contribution in [0.15, 0.2) is 28.7 Å². The molecule has 1 atom stereocenters. The Kier molecular flexibility index (Phi) is 6.08. The van der Waals surface area contributed by atoms with Gasteiger partial charge in [-0.1, -0.05) is 28.1 Å². The SMILES string of the molecule is FC(F)(F)CCCOC(CNC1CC1)c1cccc(Br)c1. The van der Waals surface area contributed by atoms with Crippen LogP contribution in [-0.4, -0.2) is 25.4 Å². The average Bonchev–Trinajstić information content (AvgIpc) is 3.20. The summed E-state index contributed by atoms with van der Waals surface area (Å²) in [4.78, 5) is 0. The minimum Gasteiger partial charge on any atom is -0.372 e. The molecule has 1 fully saturated rings. The molecule has 2 nitrogen and oxygen atoms in total. The maximum atomic E-state index is 12.1. The Hall–Kier alpha value is -0.590. The minimum atomic E-state index is -4.11. The molecule has 2 rings (SSSR count). The molecule has 0 aliphatic heterocycles. The molecule has 0 aromatic heterocycles. The summed E-state index contributed by atoms with van der Waals surface area (Å²) in [5, 5.41) is 3.37. The predicted molar refractivity (Wildman–Crippen MR) is 79.1 cm³/mol. The first-order valence-corrected chi connectivity index (χ1v) is 7.90. The van der Waals surface area contributed by atoms with Gasteiger partial charge in [0.05, 0.1) is 6.10 Å². The van der Waals surface area contributed by atoms with Crippen LogP contribution in [0.2, 0.25) is 0 Å². The highest BCUT2D eigenvalue weighted by molar-refractivity contribution is 9.10. The number of alkyl halides is 3. The molecule has 118 valence electrons. The van der Waals surface area contributed by atoms with E-state index in [0.29, 0.717) is 12.6 Å². The van der Waals surface area contributed by atoms with Crippen LogP contribution in [0.3, 0.4) is 0 Å². The van der Waals surface area contributed by atoms with Gasteiger partial charge in [-0.25, -0.2) is 0 Å². The summed E-state index contributed by atoms with van der Waals surface area (Å²) in [5.74, 6) is 0. The molecular weight excluding hydrogens is 347 g/mol. The third kappa shape index (κ3) is 6.80. The van der Waals surface area contributed by atoms with E-state index in [4.69, 9.17) is 4.74 Å². The number of rotatable bonds is 8. The Morgan fingerprint density at radius 2 is 2.10 bits per heavy atom. The topological polar surface area (TPSA) is 21.3 Å². The first kappa shape index (κ1) is 16.8. The number of hydrogen-bond donors (Lipinski definition) is 1. The van der Waals surface area contributed by atoms with Crippen LogP contribution >= 0.6 is 15.9 Å². The summed E-state index contributed by atoms with van der Waals surface area (Å²) in [6.45, 7) is 0.746. The Balaban J connectivity index is 1.85. The van der Waals surface area contributed by atoms with Gasteiger partial charge in [-0.15, -0.1) is 0 Å². The average molecular weight is 366 g/mol. The van der Waals surface area contributed by atoms with Gasteiger partial charge < -0.3 is 10.1 Å². The van der Waals surface area contributed by atoms with Crippen molar-refractivity contribution in [1.29, 1.82) is 0 Å². The van der Waals surface area contributed by atoms with Crippen molar-refractivity contribution in [2.24, 2.45) is 0 Å². The molecule has 0 saturated heterocycles. The molecule has 1 saturated carbocycles. The van der Waals surface area contributed by atoms with E-state index >= 15 is 0 Å². The Labute approximate surface area is 131 Å². The van der Waals surface area contributed by atoms with Crippen LogP contribution in [0.1, 0.15) is 37.4 Å². The first-order valence-electron chi connectivity index (χ1n) is 7.11. The largest absolute Gasteiger partial charge is 0.389 e. The smallest absolute Gasteiger partial charge is 0.372 e. The van der Waals surface area contributed by atoms with Crippen molar-refractivity contribution in [2.75, 3.05) is 13.2 Å². The fraction of sp³-hybridized carbons (Fsp3) is 0.600. The highest BCUT2D eigenvalue weighted by Gasteiger charge is 2.27. The molecule has 0 bridgehead atoms.